The Morgan fingerprint density at radius 1 is 1.17 bits per heavy atom. The van der Waals surface area contributed by atoms with Crippen LogP contribution in [0.4, 0.5) is 10.5 Å². The van der Waals surface area contributed by atoms with Crippen LogP contribution in [0.5, 0.6) is 5.06 Å². The zero-order chi connectivity index (χ0) is 25.9. The molecular formula is C24H29ClN4O5S. The van der Waals surface area contributed by atoms with Crippen LogP contribution in [-0.2, 0) is 9.59 Å². The van der Waals surface area contributed by atoms with Crippen LogP contribution in [0.1, 0.15) is 42.6 Å². The van der Waals surface area contributed by atoms with Crippen molar-refractivity contribution in [1.82, 2.24) is 15.1 Å². The van der Waals surface area contributed by atoms with Gasteiger partial charge in [-0.1, -0.05) is 22.9 Å². The molecule has 2 heterocycles. The van der Waals surface area contributed by atoms with E-state index in [1.54, 1.807) is 70.1 Å². The van der Waals surface area contributed by atoms with E-state index in [0.29, 0.717) is 39.2 Å². The molecule has 2 N–H and O–H groups in total. The molecule has 0 unspecified atom stereocenters. The minimum atomic E-state index is -1.28. The first-order valence-electron chi connectivity index (χ1n) is 11.1. The summed E-state index contributed by atoms with van der Waals surface area (Å²) >= 11 is 6.93. The molecule has 0 aliphatic carbocycles. The summed E-state index contributed by atoms with van der Waals surface area (Å²) in [6.07, 6.45) is 0.626. The van der Waals surface area contributed by atoms with Crippen molar-refractivity contribution in [2.45, 2.75) is 45.2 Å². The van der Waals surface area contributed by atoms with Crippen LogP contribution in [0.25, 0.3) is 0 Å². The number of hydrogen-bond acceptors (Lipinski definition) is 6. The Morgan fingerprint density at radius 2 is 1.89 bits per heavy atom. The number of ether oxygens (including phenoxy) is 1. The van der Waals surface area contributed by atoms with Gasteiger partial charge in [0.1, 0.15) is 11.6 Å². The fourth-order valence-corrected chi connectivity index (χ4v) is 4.64. The van der Waals surface area contributed by atoms with E-state index in [9.17, 15) is 19.2 Å². The van der Waals surface area contributed by atoms with Gasteiger partial charge in [0.15, 0.2) is 5.06 Å². The van der Waals surface area contributed by atoms with E-state index in [1.165, 1.54) is 4.90 Å². The summed E-state index contributed by atoms with van der Waals surface area (Å²) in [5, 5.41) is 5.61. The van der Waals surface area contributed by atoms with Gasteiger partial charge in [0, 0.05) is 31.9 Å². The number of anilines is 1. The summed E-state index contributed by atoms with van der Waals surface area (Å²) in [6.45, 7) is 5.39. The first kappa shape index (κ1) is 26.5. The topological polar surface area (TPSA) is 108 Å². The number of carbonyl (C=O) groups is 4. The van der Waals surface area contributed by atoms with Crippen molar-refractivity contribution in [3.63, 3.8) is 0 Å². The lowest BCUT2D eigenvalue weighted by Crippen LogP contribution is -2.53. The quantitative estimate of drug-likeness (QED) is 0.600. The minimum Gasteiger partial charge on any atom is -0.399 e. The van der Waals surface area contributed by atoms with Crippen LogP contribution in [0, 0.1) is 6.92 Å². The molecule has 3 rings (SSSR count). The molecule has 0 bridgehead atoms. The van der Waals surface area contributed by atoms with E-state index in [4.69, 9.17) is 16.3 Å². The normalized spacial score (nSPS) is 15.5. The predicted octanol–water partition coefficient (Wildman–Crippen LogP) is 3.91. The Kier molecular flexibility index (Phi) is 8.07. The van der Waals surface area contributed by atoms with Crippen LogP contribution in [0.15, 0.2) is 30.3 Å². The monoisotopic (exact) mass is 520 g/mol. The SMILES string of the molecule is Cc1cc(NC(=O)C(C)(C)NC(=O)Oc2ccc(Cl)s2)ccc1C(=O)N1CCC[C@H]1C(=O)N(C)C. The summed E-state index contributed by atoms with van der Waals surface area (Å²) in [5.74, 6) is -0.766. The zero-order valence-corrected chi connectivity index (χ0v) is 21.9. The molecular weight excluding hydrogens is 492 g/mol. The van der Waals surface area contributed by atoms with Crippen molar-refractivity contribution in [3.8, 4) is 5.06 Å². The summed E-state index contributed by atoms with van der Waals surface area (Å²) in [7, 11) is 3.36. The molecule has 9 nitrogen and oxygen atoms in total. The number of rotatable bonds is 6. The molecule has 1 atom stereocenters. The maximum Gasteiger partial charge on any atom is 0.414 e. The average molecular weight is 521 g/mol. The molecule has 1 aromatic carbocycles. The molecule has 1 aliphatic heterocycles. The van der Waals surface area contributed by atoms with Gasteiger partial charge in [-0.05, 0) is 69.5 Å². The van der Waals surface area contributed by atoms with E-state index in [1.807, 2.05) is 0 Å². The van der Waals surface area contributed by atoms with Crippen LogP contribution in [0.3, 0.4) is 0 Å². The summed E-state index contributed by atoms with van der Waals surface area (Å²) in [6, 6.07) is 7.65. The molecule has 188 valence electrons. The second-order valence-electron chi connectivity index (χ2n) is 9.07. The number of likely N-dealkylation sites (N-methyl/N-ethyl adjacent to an activating group) is 1. The molecule has 11 heteroatoms. The number of aryl methyl sites for hydroxylation is 1. The number of nitrogens with one attached hydrogen (secondary N) is 2. The third-order valence-electron chi connectivity index (χ3n) is 5.68. The van der Waals surface area contributed by atoms with Crippen molar-refractivity contribution in [2.75, 3.05) is 26.0 Å². The van der Waals surface area contributed by atoms with Crippen molar-refractivity contribution in [1.29, 1.82) is 0 Å². The highest BCUT2D eigenvalue weighted by Gasteiger charge is 2.36. The van der Waals surface area contributed by atoms with E-state index >= 15 is 0 Å². The standard InChI is InChI=1S/C24H29ClN4O5S/c1-14-13-15(8-9-16(14)20(30)29-12-6-7-17(29)21(31)28(4)5)26-22(32)24(2,3)27-23(33)34-19-11-10-18(25)35-19/h8-11,13,17H,6-7,12H2,1-5H3,(H,26,32)(H,27,33)/t17-/m0/s1. The van der Waals surface area contributed by atoms with Crippen molar-refractivity contribution in [2.24, 2.45) is 0 Å². The third kappa shape index (κ3) is 6.32. The van der Waals surface area contributed by atoms with Crippen LogP contribution in [0.2, 0.25) is 4.34 Å². The molecule has 0 saturated carbocycles. The Morgan fingerprint density at radius 3 is 2.49 bits per heavy atom. The fourth-order valence-electron chi connectivity index (χ4n) is 3.77. The second-order valence-corrected chi connectivity index (χ2v) is 10.7. The Labute approximate surface area is 213 Å². The number of benzene rings is 1. The maximum absolute atomic E-state index is 13.2. The molecule has 2 aromatic rings. The minimum absolute atomic E-state index is 0.0900. The Balaban J connectivity index is 1.65. The van der Waals surface area contributed by atoms with Gasteiger partial charge in [-0.25, -0.2) is 4.79 Å². The molecule has 4 amide bonds. The van der Waals surface area contributed by atoms with Gasteiger partial charge < -0.3 is 25.2 Å². The highest BCUT2D eigenvalue weighted by Crippen LogP contribution is 2.28. The summed E-state index contributed by atoms with van der Waals surface area (Å²) in [5.41, 5.74) is 0.322. The van der Waals surface area contributed by atoms with Gasteiger partial charge in [-0.3, -0.25) is 14.4 Å². The van der Waals surface area contributed by atoms with E-state index in [-0.39, 0.29) is 11.8 Å². The van der Waals surface area contributed by atoms with Crippen LogP contribution in [-0.4, -0.2) is 65.8 Å². The van der Waals surface area contributed by atoms with Gasteiger partial charge in [0.25, 0.3) is 5.91 Å². The Bertz CT molecular complexity index is 1150. The molecule has 0 spiro atoms. The number of halogens is 1. The van der Waals surface area contributed by atoms with E-state index in [2.05, 4.69) is 10.6 Å². The molecule has 0 radical (unpaired) electrons. The first-order valence-corrected chi connectivity index (χ1v) is 12.3. The van der Waals surface area contributed by atoms with Crippen molar-refractivity contribution in [3.05, 3.63) is 45.8 Å². The lowest BCUT2D eigenvalue weighted by atomic mass is 10.0. The highest BCUT2D eigenvalue weighted by molar-refractivity contribution is 7.17. The number of thiophene rings is 1. The highest BCUT2D eigenvalue weighted by atomic mass is 35.5. The first-order chi connectivity index (χ1) is 16.4. The largest absolute Gasteiger partial charge is 0.414 e. The lowest BCUT2D eigenvalue weighted by molar-refractivity contribution is -0.132. The molecule has 35 heavy (non-hydrogen) atoms. The van der Waals surface area contributed by atoms with Crippen molar-refractivity contribution < 1.29 is 23.9 Å². The lowest BCUT2D eigenvalue weighted by Gasteiger charge is -2.27. The third-order valence-corrected chi connectivity index (χ3v) is 6.79. The number of carbonyl (C=O) groups excluding carboxylic acids is 4. The number of hydrogen-bond donors (Lipinski definition) is 2. The Hall–Kier alpha value is -3.11. The van der Waals surface area contributed by atoms with Gasteiger partial charge >= 0.3 is 6.09 Å². The number of likely N-dealkylation sites (tertiary alicyclic amines) is 1. The van der Waals surface area contributed by atoms with Crippen LogP contribution >= 0.6 is 22.9 Å². The van der Waals surface area contributed by atoms with Gasteiger partial charge in [-0.2, -0.15) is 0 Å². The summed E-state index contributed by atoms with van der Waals surface area (Å²) < 4.78 is 5.63. The average Bonchev–Trinajstić information content (AvgIpc) is 3.41. The van der Waals surface area contributed by atoms with E-state index in [0.717, 1.165) is 17.8 Å². The fraction of sp³-hybridized carbons (Fsp3) is 0.417. The van der Waals surface area contributed by atoms with Crippen molar-refractivity contribution >= 4 is 52.4 Å². The number of nitrogens with zero attached hydrogens (tertiary/aromatic N) is 2. The van der Waals surface area contributed by atoms with E-state index < -0.39 is 23.6 Å². The van der Waals surface area contributed by atoms with Crippen LogP contribution < -0.4 is 15.4 Å². The molecule has 1 fully saturated rings. The van der Waals surface area contributed by atoms with Gasteiger partial charge in [0.2, 0.25) is 11.8 Å². The number of amides is 4. The molecule has 1 aliphatic rings. The van der Waals surface area contributed by atoms with Gasteiger partial charge in [-0.15, -0.1) is 0 Å². The molecule has 1 aromatic heterocycles. The molecule has 1 saturated heterocycles. The summed E-state index contributed by atoms with van der Waals surface area (Å²) in [4.78, 5) is 53.8. The second kappa shape index (κ2) is 10.7. The predicted molar refractivity (Wildman–Crippen MR) is 135 cm³/mol. The smallest absolute Gasteiger partial charge is 0.399 e. The maximum atomic E-state index is 13.2. The zero-order valence-electron chi connectivity index (χ0n) is 20.3. The van der Waals surface area contributed by atoms with Gasteiger partial charge in [0.05, 0.1) is 4.34 Å².